The SMILES string of the molecule is O=S1(=O)Oc2ccc(N([O-])O)c3cccc1c23. The second-order valence-corrected chi connectivity index (χ2v) is 5.09. The van der Waals surface area contributed by atoms with Crippen molar-refractivity contribution >= 4 is 26.6 Å². The Morgan fingerprint density at radius 1 is 1.24 bits per heavy atom. The first kappa shape index (κ1) is 10.3. The number of rotatable bonds is 1. The van der Waals surface area contributed by atoms with Crippen molar-refractivity contribution in [3.63, 3.8) is 0 Å². The summed E-state index contributed by atoms with van der Waals surface area (Å²) in [4.78, 5) is 0.00806. The molecule has 17 heavy (non-hydrogen) atoms. The summed E-state index contributed by atoms with van der Waals surface area (Å²) in [5, 5.41) is 20.2. The second kappa shape index (κ2) is 3.10. The highest BCUT2D eigenvalue weighted by molar-refractivity contribution is 7.87. The van der Waals surface area contributed by atoms with Gasteiger partial charge in [0.2, 0.25) is 0 Å². The van der Waals surface area contributed by atoms with E-state index in [1.54, 1.807) is 6.07 Å². The van der Waals surface area contributed by atoms with Crippen molar-refractivity contribution < 1.29 is 17.8 Å². The van der Waals surface area contributed by atoms with Gasteiger partial charge in [-0.05, 0) is 18.2 Å². The zero-order chi connectivity index (χ0) is 12.2. The molecular formula is C10H6NO5S-. The van der Waals surface area contributed by atoms with E-state index in [4.69, 9.17) is 9.39 Å². The third kappa shape index (κ3) is 1.30. The molecule has 0 atom stereocenters. The minimum absolute atomic E-state index is 0.00806. The summed E-state index contributed by atoms with van der Waals surface area (Å²) in [7, 11) is -3.80. The van der Waals surface area contributed by atoms with Gasteiger partial charge in [0.05, 0.1) is 5.69 Å². The molecule has 0 aliphatic carbocycles. The average molecular weight is 252 g/mol. The van der Waals surface area contributed by atoms with Crippen LogP contribution in [0.25, 0.3) is 10.8 Å². The molecule has 0 aromatic heterocycles. The fraction of sp³-hybridized carbons (Fsp3) is 0. The lowest BCUT2D eigenvalue weighted by Gasteiger charge is -2.23. The van der Waals surface area contributed by atoms with E-state index in [9.17, 15) is 13.6 Å². The Bertz CT molecular complexity index is 723. The molecule has 6 nitrogen and oxygen atoms in total. The molecule has 0 fully saturated rings. The maximum atomic E-state index is 11.6. The second-order valence-electron chi connectivity index (χ2n) is 3.57. The van der Waals surface area contributed by atoms with E-state index < -0.39 is 10.1 Å². The van der Waals surface area contributed by atoms with Crippen molar-refractivity contribution in [1.82, 2.24) is 0 Å². The monoisotopic (exact) mass is 252 g/mol. The Morgan fingerprint density at radius 2 is 2.00 bits per heavy atom. The van der Waals surface area contributed by atoms with Crippen LogP contribution in [0.1, 0.15) is 0 Å². The minimum atomic E-state index is -3.80. The van der Waals surface area contributed by atoms with Gasteiger partial charge in [-0.25, -0.2) is 0 Å². The van der Waals surface area contributed by atoms with E-state index in [-0.39, 0.29) is 21.6 Å². The van der Waals surface area contributed by atoms with Gasteiger partial charge >= 0.3 is 10.1 Å². The number of nitrogens with zero attached hydrogens (tertiary/aromatic N) is 1. The van der Waals surface area contributed by atoms with E-state index in [0.717, 1.165) is 0 Å². The largest absolute Gasteiger partial charge is 0.733 e. The van der Waals surface area contributed by atoms with Crippen LogP contribution < -0.4 is 9.41 Å². The van der Waals surface area contributed by atoms with E-state index in [1.165, 1.54) is 24.3 Å². The summed E-state index contributed by atoms with van der Waals surface area (Å²) in [6.45, 7) is 0. The molecule has 0 bridgehead atoms. The first-order chi connectivity index (χ1) is 8.00. The minimum Gasteiger partial charge on any atom is -0.733 e. The summed E-state index contributed by atoms with van der Waals surface area (Å²) >= 11 is 0. The van der Waals surface area contributed by atoms with Crippen molar-refractivity contribution in [2.75, 3.05) is 5.23 Å². The molecule has 1 aliphatic rings. The van der Waals surface area contributed by atoms with Crippen molar-refractivity contribution in [3.05, 3.63) is 35.5 Å². The highest BCUT2D eigenvalue weighted by Crippen LogP contribution is 2.42. The third-order valence-corrected chi connectivity index (χ3v) is 3.89. The lowest BCUT2D eigenvalue weighted by molar-refractivity contribution is 0.297. The van der Waals surface area contributed by atoms with E-state index >= 15 is 0 Å². The normalized spacial score (nSPS) is 15.9. The van der Waals surface area contributed by atoms with Crippen LogP contribution in [0, 0.1) is 5.21 Å². The highest BCUT2D eigenvalue weighted by Gasteiger charge is 2.30. The average Bonchev–Trinajstić information content (AvgIpc) is 2.53. The van der Waals surface area contributed by atoms with Gasteiger partial charge in [0, 0.05) is 10.8 Å². The van der Waals surface area contributed by atoms with Gasteiger partial charge in [0.15, 0.2) is 5.75 Å². The molecular weight excluding hydrogens is 246 g/mol. The van der Waals surface area contributed by atoms with Gasteiger partial charge < -0.3 is 14.6 Å². The molecule has 0 radical (unpaired) electrons. The summed E-state index contributed by atoms with van der Waals surface area (Å²) < 4.78 is 28.1. The molecule has 1 N–H and O–H groups in total. The molecule has 0 spiro atoms. The van der Waals surface area contributed by atoms with E-state index in [2.05, 4.69) is 0 Å². The lowest BCUT2D eigenvalue weighted by Crippen LogP contribution is -2.07. The Hall–Kier alpha value is -1.83. The molecule has 88 valence electrons. The third-order valence-electron chi connectivity index (χ3n) is 2.62. The van der Waals surface area contributed by atoms with Gasteiger partial charge in [-0.2, -0.15) is 8.42 Å². The van der Waals surface area contributed by atoms with Crippen LogP contribution in [-0.4, -0.2) is 13.6 Å². The van der Waals surface area contributed by atoms with Crippen molar-refractivity contribution in [1.29, 1.82) is 0 Å². The first-order valence-electron chi connectivity index (χ1n) is 4.67. The zero-order valence-electron chi connectivity index (χ0n) is 8.32. The quantitative estimate of drug-likeness (QED) is 0.612. The summed E-state index contributed by atoms with van der Waals surface area (Å²) in [6, 6.07) is 7.07. The Kier molecular flexibility index (Phi) is 1.88. The molecule has 2 aromatic carbocycles. The van der Waals surface area contributed by atoms with Crippen LogP contribution in [0.3, 0.4) is 0 Å². The van der Waals surface area contributed by atoms with Crippen LogP contribution in [0.15, 0.2) is 35.2 Å². The smallest absolute Gasteiger partial charge is 0.340 e. The molecule has 1 aliphatic heterocycles. The van der Waals surface area contributed by atoms with Crippen molar-refractivity contribution in [2.24, 2.45) is 0 Å². The molecule has 0 unspecified atom stereocenters. The van der Waals surface area contributed by atoms with Gasteiger partial charge in [0.25, 0.3) is 0 Å². The van der Waals surface area contributed by atoms with Crippen molar-refractivity contribution in [3.8, 4) is 5.75 Å². The number of hydrogen-bond donors (Lipinski definition) is 1. The molecule has 2 aromatic rings. The summed E-state index contributed by atoms with van der Waals surface area (Å²) in [5.74, 6) is 0.168. The van der Waals surface area contributed by atoms with Crippen LogP contribution in [0.5, 0.6) is 5.75 Å². The van der Waals surface area contributed by atoms with Gasteiger partial charge in [-0.3, -0.25) is 5.21 Å². The molecule has 0 amide bonds. The fourth-order valence-electron chi connectivity index (χ4n) is 1.93. The van der Waals surface area contributed by atoms with Crippen LogP contribution in [0.4, 0.5) is 5.69 Å². The first-order valence-corrected chi connectivity index (χ1v) is 6.08. The molecule has 0 saturated heterocycles. The van der Waals surface area contributed by atoms with Crippen molar-refractivity contribution in [2.45, 2.75) is 4.90 Å². The van der Waals surface area contributed by atoms with E-state index in [1.807, 2.05) is 0 Å². The zero-order valence-corrected chi connectivity index (χ0v) is 9.14. The van der Waals surface area contributed by atoms with Gasteiger partial charge in [-0.1, -0.05) is 12.1 Å². The fourth-order valence-corrected chi connectivity index (χ4v) is 3.10. The summed E-state index contributed by atoms with van der Waals surface area (Å²) in [5.41, 5.74) is -0.0219. The standard InChI is InChI=1S/C10H6NO5S/c12-11(13)7-4-5-8-10-6(7)2-1-3-9(10)17(14,15)16-8/h1-5,12H/q-1. The topological polar surface area (TPSA) is 89.9 Å². The number of benzene rings is 2. The van der Waals surface area contributed by atoms with Crippen LogP contribution in [-0.2, 0) is 10.1 Å². The lowest BCUT2D eigenvalue weighted by atomic mass is 10.1. The molecule has 1 heterocycles. The predicted molar refractivity (Wildman–Crippen MR) is 59.4 cm³/mol. The molecule has 0 saturated carbocycles. The van der Waals surface area contributed by atoms with E-state index in [0.29, 0.717) is 10.8 Å². The molecule has 3 rings (SSSR count). The Balaban J connectivity index is 2.51. The van der Waals surface area contributed by atoms with Crippen LogP contribution >= 0.6 is 0 Å². The predicted octanol–water partition coefficient (Wildman–Crippen LogP) is 1.61. The Morgan fingerprint density at radius 3 is 2.71 bits per heavy atom. The summed E-state index contributed by atoms with van der Waals surface area (Å²) in [6.07, 6.45) is 0. The molecule has 7 heteroatoms. The maximum Gasteiger partial charge on any atom is 0.340 e. The van der Waals surface area contributed by atoms with Crippen LogP contribution in [0.2, 0.25) is 0 Å². The maximum absolute atomic E-state index is 11.6. The van der Waals surface area contributed by atoms with Gasteiger partial charge in [0.1, 0.15) is 4.90 Å². The number of hydrogen-bond acceptors (Lipinski definition) is 6. The Labute approximate surface area is 96.3 Å². The number of anilines is 1. The highest BCUT2D eigenvalue weighted by atomic mass is 32.2. The van der Waals surface area contributed by atoms with Gasteiger partial charge in [-0.15, -0.1) is 0 Å².